The summed E-state index contributed by atoms with van der Waals surface area (Å²) >= 11 is 0. The molecule has 2 aromatic rings. The zero-order chi connectivity index (χ0) is 28.1. The van der Waals surface area contributed by atoms with Gasteiger partial charge in [-0.25, -0.2) is 0 Å². The molecule has 0 unspecified atom stereocenters. The number of unbranched alkanes of at least 4 members (excludes halogenated alkanes) is 16. The molecule has 0 bridgehead atoms. The number of rotatable bonds is 22. The highest BCUT2D eigenvalue weighted by molar-refractivity contribution is 5.59. The summed E-state index contributed by atoms with van der Waals surface area (Å²) in [5.74, 6) is 0.529. The van der Waals surface area contributed by atoms with Crippen molar-refractivity contribution in [1.29, 1.82) is 0 Å². The average Bonchev–Trinajstić information content (AvgIpc) is 3.00. The van der Waals surface area contributed by atoms with E-state index in [1.165, 1.54) is 140 Å². The fourth-order valence-electron chi connectivity index (χ4n) is 5.84. The van der Waals surface area contributed by atoms with Crippen molar-refractivity contribution in [2.45, 2.75) is 149 Å². The van der Waals surface area contributed by atoms with Crippen LogP contribution in [0.15, 0.2) is 42.6 Å². The smallest absolute Gasteiger partial charge is 0.185 e. The summed E-state index contributed by atoms with van der Waals surface area (Å²) in [6.45, 7) is 6.16. The van der Waals surface area contributed by atoms with Crippen molar-refractivity contribution in [3.05, 3.63) is 53.7 Å². The quantitative estimate of drug-likeness (QED) is 0.137. The first kappa shape index (κ1) is 32.8. The second kappa shape index (κ2) is 21.1. The maximum absolute atomic E-state index is 6.10. The number of pyridine rings is 1. The fraction of sp³-hybridized carbons (Fsp3) is 0.703. The molecular formula is C37H59NO2. The van der Waals surface area contributed by atoms with Crippen molar-refractivity contribution in [2.24, 2.45) is 5.92 Å². The van der Waals surface area contributed by atoms with Gasteiger partial charge >= 0.3 is 0 Å². The molecule has 40 heavy (non-hydrogen) atoms. The molecule has 1 aliphatic heterocycles. The van der Waals surface area contributed by atoms with Gasteiger partial charge in [0.2, 0.25) is 0 Å². The van der Waals surface area contributed by atoms with Gasteiger partial charge in [0.25, 0.3) is 0 Å². The van der Waals surface area contributed by atoms with E-state index in [4.69, 9.17) is 14.5 Å². The molecule has 0 atom stereocenters. The second-order valence-corrected chi connectivity index (χ2v) is 12.2. The minimum atomic E-state index is -0.278. The van der Waals surface area contributed by atoms with E-state index in [0.29, 0.717) is 5.92 Å². The van der Waals surface area contributed by atoms with Gasteiger partial charge in [-0.15, -0.1) is 0 Å². The van der Waals surface area contributed by atoms with Crippen molar-refractivity contribution in [2.75, 3.05) is 13.2 Å². The molecule has 224 valence electrons. The standard InChI is InChI=1S/C37H59NO2/c1-3-5-7-9-11-13-14-16-18-20-22-33-30-39-37(40-31-33)35-27-28-36(38-29-35)34-25-23-32(24-26-34)21-19-17-15-12-10-8-6-4-2/h23-29,33,37H,3-22,30-31H2,1-2H3. The molecule has 0 saturated carbocycles. The number of hydrogen-bond acceptors (Lipinski definition) is 3. The first-order chi connectivity index (χ1) is 19.8. The van der Waals surface area contributed by atoms with Crippen LogP contribution in [0.2, 0.25) is 0 Å². The van der Waals surface area contributed by atoms with E-state index in [1.54, 1.807) is 0 Å². The average molecular weight is 550 g/mol. The molecule has 0 spiro atoms. The molecule has 1 aromatic heterocycles. The summed E-state index contributed by atoms with van der Waals surface area (Å²) in [5, 5.41) is 0. The molecule has 3 nitrogen and oxygen atoms in total. The van der Waals surface area contributed by atoms with E-state index in [2.05, 4.69) is 50.2 Å². The molecule has 3 heteroatoms. The Labute approximate surface area is 246 Å². The number of ether oxygens (including phenoxy) is 2. The van der Waals surface area contributed by atoms with Crippen molar-refractivity contribution in [3.63, 3.8) is 0 Å². The lowest BCUT2D eigenvalue weighted by Gasteiger charge is -2.29. The minimum Gasteiger partial charge on any atom is -0.348 e. The fourth-order valence-corrected chi connectivity index (χ4v) is 5.84. The zero-order valence-electron chi connectivity index (χ0n) is 26.0. The second-order valence-electron chi connectivity index (χ2n) is 12.2. The van der Waals surface area contributed by atoms with E-state index in [-0.39, 0.29) is 6.29 Å². The highest BCUT2D eigenvalue weighted by Gasteiger charge is 2.23. The van der Waals surface area contributed by atoms with Gasteiger partial charge in [0.15, 0.2) is 6.29 Å². The van der Waals surface area contributed by atoms with Crippen LogP contribution < -0.4 is 0 Å². The van der Waals surface area contributed by atoms with Crippen LogP contribution in [0.1, 0.15) is 153 Å². The van der Waals surface area contributed by atoms with Crippen LogP contribution >= 0.6 is 0 Å². The predicted molar refractivity (Wildman–Crippen MR) is 171 cm³/mol. The first-order valence-corrected chi connectivity index (χ1v) is 17.1. The maximum atomic E-state index is 6.10. The Morgan fingerprint density at radius 1 is 0.600 bits per heavy atom. The van der Waals surface area contributed by atoms with Crippen LogP contribution in [0, 0.1) is 5.92 Å². The third kappa shape index (κ3) is 13.3. The van der Waals surface area contributed by atoms with Gasteiger partial charge < -0.3 is 9.47 Å². The molecule has 1 aromatic carbocycles. The molecule has 0 aliphatic carbocycles. The Morgan fingerprint density at radius 3 is 1.65 bits per heavy atom. The SMILES string of the molecule is CCCCCCCCCCCCC1COC(c2ccc(-c3ccc(CCCCCCCCCC)cc3)nc2)OC1. The van der Waals surface area contributed by atoms with E-state index >= 15 is 0 Å². The number of nitrogens with zero attached hydrogens (tertiary/aromatic N) is 1. The third-order valence-electron chi connectivity index (χ3n) is 8.56. The normalized spacial score (nSPS) is 17.4. The van der Waals surface area contributed by atoms with Crippen LogP contribution in [-0.2, 0) is 15.9 Å². The van der Waals surface area contributed by atoms with E-state index in [9.17, 15) is 0 Å². The molecule has 0 amide bonds. The molecular weight excluding hydrogens is 490 g/mol. The molecule has 3 rings (SSSR count). The van der Waals surface area contributed by atoms with Gasteiger partial charge in [0.1, 0.15) is 0 Å². The van der Waals surface area contributed by atoms with Crippen molar-refractivity contribution in [1.82, 2.24) is 4.98 Å². The molecule has 1 fully saturated rings. The van der Waals surface area contributed by atoms with Crippen LogP contribution in [0.5, 0.6) is 0 Å². The van der Waals surface area contributed by atoms with E-state index in [1.807, 2.05) is 6.20 Å². The summed E-state index contributed by atoms with van der Waals surface area (Å²) in [4.78, 5) is 4.74. The zero-order valence-corrected chi connectivity index (χ0v) is 26.0. The van der Waals surface area contributed by atoms with Gasteiger partial charge in [-0.05, 0) is 30.9 Å². The number of aromatic nitrogens is 1. The van der Waals surface area contributed by atoms with Gasteiger partial charge in [-0.2, -0.15) is 0 Å². The number of benzene rings is 1. The lowest BCUT2D eigenvalue weighted by molar-refractivity contribution is -0.206. The Balaban J connectivity index is 1.26. The lowest BCUT2D eigenvalue weighted by atomic mass is 10.0. The van der Waals surface area contributed by atoms with Gasteiger partial charge in [0.05, 0.1) is 18.9 Å². The Morgan fingerprint density at radius 2 is 1.12 bits per heavy atom. The summed E-state index contributed by atoms with van der Waals surface area (Å²) in [6.07, 6.45) is 28.9. The summed E-state index contributed by atoms with van der Waals surface area (Å²) < 4.78 is 12.2. The Bertz CT molecular complexity index is 855. The van der Waals surface area contributed by atoms with Crippen LogP contribution in [-0.4, -0.2) is 18.2 Å². The molecule has 2 heterocycles. The summed E-state index contributed by atoms with van der Waals surface area (Å²) in [6, 6.07) is 13.2. The van der Waals surface area contributed by atoms with Gasteiger partial charge in [-0.1, -0.05) is 153 Å². The summed E-state index contributed by atoms with van der Waals surface area (Å²) in [5.41, 5.74) is 4.64. The van der Waals surface area contributed by atoms with Crippen LogP contribution in [0.4, 0.5) is 0 Å². The predicted octanol–water partition coefficient (Wildman–Crippen LogP) is 11.4. The molecule has 1 saturated heterocycles. The monoisotopic (exact) mass is 549 g/mol. The molecule has 1 aliphatic rings. The van der Waals surface area contributed by atoms with Crippen molar-refractivity contribution < 1.29 is 9.47 Å². The molecule has 0 radical (unpaired) electrons. The van der Waals surface area contributed by atoms with Crippen LogP contribution in [0.3, 0.4) is 0 Å². The van der Waals surface area contributed by atoms with Crippen molar-refractivity contribution in [3.8, 4) is 11.3 Å². The van der Waals surface area contributed by atoms with Gasteiger partial charge in [-0.3, -0.25) is 4.98 Å². The largest absolute Gasteiger partial charge is 0.348 e. The lowest BCUT2D eigenvalue weighted by Crippen LogP contribution is -2.27. The third-order valence-corrected chi connectivity index (χ3v) is 8.56. The molecule has 0 N–H and O–H groups in total. The highest BCUT2D eigenvalue weighted by atomic mass is 16.7. The van der Waals surface area contributed by atoms with E-state index in [0.717, 1.165) is 24.5 Å². The van der Waals surface area contributed by atoms with Gasteiger partial charge in [0, 0.05) is 23.2 Å². The highest BCUT2D eigenvalue weighted by Crippen LogP contribution is 2.28. The number of hydrogen-bond donors (Lipinski definition) is 0. The Kier molecular flexibility index (Phi) is 17.3. The Hall–Kier alpha value is -1.71. The topological polar surface area (TPSA) is 31.4 Å². The van der Waals surface area contributed by atoms with Crippen molar-refractivity contribution >= 4 is 0 Å². The number of aryl methyl sites for hydroxylation is 1. The maximum Gasteiger partial charge on any atom is 0.185 e. The summed E-state index contributed by atoms with van der Waals surface area (Å²) in [7, 11) is 0. The minimum absolute atomic E-state index is 0.278. The van der Waals surface area contributed by atoms with E-state index < -0.39 is 0 Å². The van der Waals surface area contributed by atoms with Crippen LogP contribution in [0.25, 0.3) is 11.3 Å². The first-order valence-electron chi connectivity index (χ1n) is 17.1.